The first kappa shape index (κ1) is 14.7. The summed E-state index contributed by atoms with van der Waals surface area (Å²) in [6, 6.07) is 7.96. The Balaban J connectivity index is 2.64. The Labute approximate surface area is 125 Å². The average molecular weight is 288 g/mol. The molecule has 0 fully saturated rings. The lowest BCUT2D eigenvalue weighted by molar-refractivity contribution is 0.415. The van der Waals surface area contributed by atoms with Crippen molar-refractivity contribution in [3.63, 3.8) is 0 Å². The molecule has 0 atom stereocenters. The van der Waals surface area contributed by atoms with Crippen LogP contribution in [0.1, 0.15) is 32.0 Å². The quantitative estimate of drug-likeness (QED) is 0.831. The molecule has 1 aromatic heterocycles. The summed E-state index contributed by atoms with van der Waals surface area (Å²) in [5.41, 5.74) is 3.13. The lowest BCUT2D eigenvalue weighted by Crippen LogP contribution is -2.14. The Morgan fingerprint density at radius 3 is 2.50 bits per heavy atom. The molecule has 0 aliphatic carbocycles. The number of benzene rings is 1. The highest BCUT2D eigenvalue weighted by atomic mass is 32.1. The number of methoxy groups -OCH3 is 1. The molecule has 0 spiro atoms. The molecule has 0 aliphatic rings. The van der Waals surface area contributed by atoms with Crippen molar-refractivity contribution in [3.05, 3.63) is 40.2 Å². The molecule has 0 saturated carbocycles. The van der Waals surface area contributed by atoms with Crippen LogP contribution in [0.2, 0.25) is 0 Å². The smallest absolute Gasteiger partial charge is 0.142 e. The zero-order chi connectivity index (χ0) is 14.9. The number of rotatable bonds is 2. The van der Waals surface area contributed by atoms with E-state index >= 15 is 0 Å². The monoisotopic (exact) mass is 288 g/mol. The van der Waals surface area contributed by atoms with Crippen LogP contribution >= 0.6 is 12.2 Å². The summed E-state index contributed by atoms with van der Waals surface area (Å²) in [6.07, 6.45) is 0. The summed E-state index contributed by atoms with van der Waals surface area (Å²) in [5, 5.41) is 0. The third-order valence-corrected chi connectivity index (χ3v) is 3.37. The number of aromatic nitrogens is 2. The lowest BCUT2D eigenvalue weighted by Gasteiger charge is -2.20. The molecule has 0 amide bonds. The van der Waals surface area contributed by atoms with Crippen molar-refractivity contribution < 1.29 is 4.74 Å². The second-order valence-electron chi connectivity index (χ2n) is 5.94. The van der Waals surface area contributed by atoms with Gasteiger partial charge in [-0.15, -0.1) is 0 Å². The molecule has 4 heteroatoms. The van der Waals surface area contributed by atoms with E-state index in [4.69, 9.17) is 17.0 Å². The molecule has 0 aliphatic heterocycles. The summed E-state index contributed by atoms with van der Waals surface area (Å²) < 4.78 is 6.04. The van der Waals surface area contributed by atoms with Gasteiger partial charge in [-0.1, -0.05) is 39.1 Å². The molecule has 0 saturated heterocycles. The fourth-order valence-electron chi connectivity index (χ4n) is 1.98. The van der Waals surface area contributed by atoms with Gasteiger partial charge in [0.05, 0.1) is 12.7 Å². The molecule has 2 aromatic rings. The molecular weight excluding hydrogens is 268 g/mol. The number of nitrogens with zero attached hydrogens (tertiary/aromatic N) is 1. The number of nitrogens with one attached hydrogen (secondary N) is 1. The number of H-pyrrole nitrogens is 1. The number of aryl methyl sites for hydroxylation is 1. The summed E-state index contributed by atoms with van der Waals surface area (Å²) in [7, 11) is 1.67. The highest BCUT2D eigenvalue weighted by molar-refractivity contribution is 7.71. The first-order valence-corrected chi connectivity index (χ1v) is 6.99. The largest absolute Gasteiger partial charge is 0.496 e. The van der Waals surface area contributed by atoms with Crippen LogP contribution in [0.3, 0.4) is 0 Å². The first-order valence-electron chi connectivity index (χ1n) is 6.58. The Morgan fingerprint density at radius 2 is 1.90 bits per heavy atom. The third kappa shape index (κ3) is 3.07. The van der Waals surface area contributed by atoms with E-state index in [0.717, 1.165) is 28.4 Å². The van der Waals surface area contributed by atoms with Crippen LogP contribution in [0, 0.1) is 11.6 Å². The fraction of sp³-hybridized carbons (Fsp3) is 0.375. The second-order valence-corrected chi connectivity index (χ2v) is 6.35. The van der Waals surface area contributed by atoms with Crippen LogP contribution in [0.25, 0.3) is 11.4 Å². The molecule has 0 bridgehead atoms. The van der Waals surface area contributed by atoms with E-state index < -0.39 is 0 Å². The van der Waals surface area contributed by atoms with Gasteiger partial charge in [0.1, 0.15) is 16.2 Å². The van der Waals surface area contributed by atoms with Crippen LogP contribution in [-0.2, 0) is 5.41 Å². The van der Waals surface area contributed by atoms with Gasteiger partial charge in [-0.05, 0) is 30.7 Å². The molecule has 106 valence electrons. The van der Waals surface area contributed by atoms with Crippen molar-refractivity contribution in [2.45, 2.75) is 33.1 Å². The maximum atomic E-state index is 5.45. The van der Waals surface area contributed by atoms with E-state index in [1.165, 1.54) is 0 Å². The maximum Gasteiger partial charge on any atom is 0.142 e. The SMILES string of the molecule is COc1cc(C)ccc1-c1nc(=S)cc(C(C)(C)C)[nH]1. The predicted octanol–water partition coefficient (Wildman–Crippen LogP) is 4.42. The van der Waals surface area contributed by atoms with Crippen LogP contribution in [0.15, 0.2) is 24.3 Å². The van der Waals surface area contributed by atoms with E-state index in [-0.39, 0.29) is 5.41 Å². The van der Waals surface area contributed by atoms with Gasteiger partial charge in [0.25, 0.3) is 0 Å². The summed E-state index contributed by atoms with van der Waals surface area (Å²) in [4.78, 5) is 7.81. The molecule has 1 heterocycles. The van der Waals surface area contributed by atoms with Gasteiger partial charge >= 0.3 is 0 Å². The Morgan fingerprint density at radius 1 is 1.20 bits per heavy atom. The van der Waals surface area contributed by atoms with Gasteiger partial charge in [-0.3, -0.25) is 0 Å². The van der Waals surface area contributed by atoms with Crippen LogP contribution < -0.4 is 4.74 Å². The summed E-state index contributed by atoms with van der Waals surface area (Å²) >= 11 is 5.29. The summed E-state index contributed by atoms with van der Waals surface area (Å²) in [6.45, 7) is 8.46. The minimum atomic E-state index is -0.0107. The predicted molar refractivity (Wildman–Crippen MR) is 84.8 cm³/mol. The zero-order valence-corrected chi connectivity index (χ0v) is 13.4. The van der Waals surface area contributed by atoms with E-state index in [0.29, 0.717) is 4.64 Å². The van der Waals surface area contributed by atoms with Crippen molar-refractivity contribution in [1.82, 2.24) is 9.97 Å². The Kier molecular flexibility index (Phi) is 3.95. The van der Waals surface area contributed by atoms with Crippen LogP contribution in [0.5, 0.6) is 5.75 Å². The Bertz CT molecular complexity index is 684. The number of ether oxygens (including phenoxy) is 1. The van der Waals surface area contributed by atoms with Gasteiger partial charge < -0.3 is 9.72 Å². The first-order chi connectivity index (χ1) is 9.31. The molecule has 2 rings (SSSR count). The highest BCUT2D eigenvalue weighted by Gasteiger charge is 2.17. The van der Waals surface area contributed by atoms with Gasteiger partial charge in [0, 0.05) is 11.1 Å². The molecule has 1 aromatic carbocycles. The standard InChI is InChI=1S/C16H20N2OS/c1-10-6-7-11(12(8-10)19-5)15-17-13(16(2,3)4)9-14(20)18-15/h6-9H,1-5H3,(H,17,18,20). The van der Waals surface area contributed by atoms with Crippen LogP contribution in [-0.4, -0.2) is 17.1 Å². The average Bonchev–Trinajstić information content (AvgIpc) is 2.36. The van der Waals surface area contributed by atoms with E-state index in [2.05, 4.69) is 30.7 Å². The zero-order valence-electron chi connectivity index (χ0n) is 12.6. The third-order valence-electron chi connectivity index (χ3n) is 3.16. The van der Waals surface area contributed by atoms with Gasteiger partial charge in [0.15, 0.2) is 0 Å². The van der Waals surface area contributed by atoms with Crippen molar-refractivity contribution in [3.8, 4) is 17.1 Å². The number of hydrogen-bond donors (Lipinski definition) is 1. The van der Waals surface area contributed by atoms with E-state index in [1.54, 1.807) is 7.11 Å². The van der Waals surface area contributed by atoms with Crippen molar-refractivity contribution in [2.75, 3.05) is 7.11 Å². The summed E-state index contributed by atoms with van der Waals surface area (Å²) in [5.74, 6) is 1.55. The van der Waals surface area contributed by atoms with E-state index in [9.17, 15) is 0 Å². The minimum absolute atomic E-state index is 0.0107. The lowest BCUT2D eigenvalue weighted by atomic mass is 9.92. The molecule has 0 radical (unpaired) electrons. The van der Waals surface area contributed by atoms with E-state index in [1.807, 2.05) is 31.2 Å². The molecule has 0 unspecified atom stereocenters. The number of hydrogen-bond acceptors (Lipinski definition) is 3. The molecule has 20 heavy (non-hydrogen) atoms. The number of aromatic amines is 1. The van der Waals surface area contributed by atoms with Crippen molar-refractivity contribution in [2.24, 2.45) is 0 Å². The van der Waals surface area contributed by atoms with Gasteiger partial charge in [0.2, 0.25) is 0 Å². The topological polar surface area (TPSA) is 37.9 Å². The molecular formula is C16H20N2OS. The maximum absolute atomic E-state index is 5.45. The van der Waals surface area contributed by atoms with Crippen molar-refractivity contribution >= 4 is 12.2 Å². The Hall–Kier alpha value is -1.68. The normalized spacial score (nSPS) is 11.4. The molecule has 3 nitrogen and oxygen atoms in total. The second kappa shape index (κ2) is 5.37. The highest BCUT2D eigenvalue weighted by Crippen LogP contribution is 2.30. The minimum Gasteiger partial charge on any atom is -0.496 e. The molecule has 1 N–H and O–H groups in total. The van der Waals surface area contributed by atoms with Gasteiger partial charge in [-0.25, -0.2) is 4.98 Å². The van der Waals surface area contributed by atoms with Crippen molar-refractivity contribution in [1.29, 1.82) is 0 Å². The fourth-order valence-corrected chi connectivity index (χ4v) is 2.19. The van der Waals surface area contributed by atoms with Gasteiger partial charge in [-0.2, -0.15) is 0 Å². The van der Waals surface area contributed by atoms with Crippen LogP contribution in [0.4, 0.5) is 0 Å².